The van der Waals surface area contributed by atoms with Crippen molar-refractivity contribution in [3.8, 4) is 28.4 Å². The zero-order valence-corrected chi connectivity index (χ0v) is 17.3. The van der Waals surface area contributed by atoms with E-state index >= 15 is 0 Å². The molecule has 0 aromatic heterocycles. The summed E-state index contributed by atoms with van der Waals surface area (Å²) in [6.45, 7) is 3.85. The molecule has 0 amide bonds. The molecule has 0 heterocycles. The predicted molar refractivity (Wildman–Crippen MR) is 119 cm³/mol. The minimum Gasteiger partial charge on any atom is -0.504 e. The van der Waals surface area contributed by atoms with E-state index in [2.05, 4.69) is 0 Å². The van der Waals surface area contributed by atoms with Crippen molar-refractivity contribution in [3.63, 3.8) is 0 Å². The van der Waals surface area contributed by atoms with Crippen LogP contribution in [0.4, 0.5) is 5.69 Å². The number of nitrogens with zero attached hydrogens (tertiary/aromatic N) is 1. The van der Waals surface area contributed by atoms with Gasteiger partial charge in [-0.25, -0.2) is 0 Å². The molecule has 0 aliphatic rings. The van der Waals surface area contributed by atoms with Gasteiger partial charge in [0.25, 0.3) is 0 Å². The Balaban J connectivity index is 2.09. The zero-order chi connectivity index (χ0) is 21.7. The molecule has 0 bridgehead atoms. The van der Waals surface area contributed by atoms with Crippen LogP contribution in [0.1, 0.15) is 42.6 Å². The van der Waals surface area contributed by atoms with Crippen LogP contribution in [0.2, 0.25) is 0 Å². The van der Waals surface area contributed by atoms with Crippen molar-refractivity contribution in [2.75, 3.05) is 7.11 Å². The van der Waals surface area contributed by atoms with E-state index in [1.54, 1.807) is 25.3 Å². The predicted octanol–water partition coefficient (Wildman–Crippen LogP) is 5.90. The zero-order valence-electron chi connectivity index (χ0n) is 17.3. The number of hydrogen-bond acceptors (Lipinski definition) is 5. The fraction of sp³-hybridized carbons (Fsp3) is 0.200. The monoisotopic (exact) mass is 403 g/mol. The minimum atomic E-state index is -0.206. The van der Waals surface area contributed by atoms with E-state index in [-0.39, 0.29) is 17.3 Å². The number of benzene rings is 3. The molecule has 5 nitrogen and oxygen atoms in total. The van der Waals surface area contributed by atoms with Gasteiger partial charge >= 0.3 is 0 Å². The van der Waals surface area contributed by atoms with Gasteiger partial charge in [-0.15, -0.1) is 0 Å². The Labute approximate surface area is 176 Å². The van der Waals surface area contributed by atoms with Crippen LogP contribution < -0.4 is 4.74 Å². The van der Waals surface area contributed by atoms with E-state index in [0.29, 0.717) is 23.2 Å². The summed E-state index contributed by atoms with van der Waals surface area (Å²) in [6, 6.07) is 17.7. The van der Waals surface area contributed by atoms with Gasteiger partial charge in [0.1, 0.15) is 5.75 Å². The van der Waals surface area contributed by atoms with Crippen molar-refractivity contribution in [1.82, 2.24) is 0 Å². The molecule has 0 radical (unpaired) electrons. The average Bonchev–Trinajstić information content (AvgIpc) is 2.76. The summed E-state index contributed by atoms with van der Waals surface area (Å²) in [5.74, 6) is 0.336. The lowest BCUT2D eigenvalue weighted by molar-refractivity contribution is 0.0982. The third-order valence-corrected chi connectivity index (χ3v) is 4.87. The number of carbonyl (C=O) groups excluding carboxylic acids is 1. The van der Waals surface area contributed by atoms with Gasteiger partial charge in [-0.05, 0) is 60.9 Å². The number of Topliss-reactive ketones (excluding diaryl/α,β-unsaturated/α-hetero) is 1. The van der Waals surface area contributed by atoms with E-state index in [1.165, 1.54) is 12.1 Å². The average molecular weight is 403 g/mol. The summed E-state index contributed by atoms with van der Waals surface area (Å²) < 4.78 is 5.43. The van der Waals surface area contributed by atoms with Crippen molar-refractivity contribution in [1.29, 1.82) is 0 Å². The first-order valence-electron chi connectivity index (χ1n) is 9.83. The second-order valence-electron chi connectivity index (χ2n) is 7.01. The second-order valence-corrected chi connectivity index (χ2v) is 7.01. The molecule has 3 aromatic carbocycles. The van der Waals surface area contributed by atoms with E-state index in [0.717, 1.165) is 29.0 Å². The summed E-state index contributed by atoms with van der Waals surface area (Å²) in [7, 11) is 1.62. The normalized spacial score (nSPS) is 11.4. The molecule has 2 N–H and O–H groups in total. The van der Waals surface area contributed by atoms with Crippen LogP contribution in [0.3, 0.4) is 0 Å². The van der Waals surface area contributed by atoms with Gasteiger partial charge in [0.05, 0.1) is 12.8 Å². The van der Waals surface area contributed by atoms with Crippen molar-refractivity contribution < 1.29 is 19.7 Å². The minimum absolute atomic E-state index is 0.00827. The van der Waals surface area contributed by atoms with Crippen molar-refractivity contribution in [2.24, 2.45) is 4.99 Å². The standard InChI is InChI=1S/C25H25NO4/c1-4-7-22(27)20-14-17(18-11-13-23(28)24(29)15-18)10-12-21(20)26-16(2)19-8-5-6-9-25(19)30-3/h5-6,8-15,28-29H,4,7H2,1-3H3. The fourth-order valence-electron chi connectivity index (χ4n) is 3.29. The number of rotatable bonds is 7. The molecule has 0 saturated carbocycles. The highest BCUT2D eigenvalue weighted by Gasteiger charge is 2.14. The van der Waals surface area contributed by atoms with Gasteiger partial charge in [0.15, 0.2) is 17.3 Å². The number of ether oxygens (including phenoxy) is 1. The molecular weight excluding hydrogens is 378 g/mol. The first kappa shape index (κ1) is 21.1. The van der Waals surface area contributed by atoms with E-state index in [4.69, 9.17) is 9.73 Å². The van der Waals surface area contributed by atoms with E-state index < -0.39 is 0 Å². The number of phenols is 2. The summed E-state index contributed by atoms with van der Waals surface area (Å²) in [4.78, 5) is 17.6. The molecule has 0 saturated heterocycles. The number of aromatic hydroxyl groups is 2. The molecule has 0 aliphatic heterocycles. The Morgan fingerprint density at radius 1 is 0.933 bits per heavy atom. The third kappa shape index (κ3) is 4.51. The van der Waals surface area contributed by atoms with Gasteiger partial charge < -0.3 is 14.9 Å². The third-order valence-electron chi connectivity index (χ3n) is 4.87. The van der Waals surface area contributed by atoms with E-state index in [1.807, 2.05) is 44.2 Å². The Bertz CT molecular complexity index is 1100. The van der Waals surface area contributed by atoms with Crippen LogP contribution in [0.25, 0.3) is 11.1 Å². The number of para-hydroxylation sites is 1. The Morgan fingerprint density at radius 2 is 1.63 bits per heavy atom. The molecule has 3 rings (SSSR count). The van der Waals surface area contributed by atoms with Crippen molar-refractivity contribution in [2.45, 2.75) is 26.7 Å². The highest BCUT2D eigenvalue weighted by atomic mass is 16.5. The molecule has 5 heteroatoms. The quantitative estimate of drug-likeness (QED) is 0.293. The summed E-state index contributed by atoms with van der Waals surface area (Å²) in [5.41, 5.74) is 4.18. The highest BCUT2D eigenvalue weighted by Crippen LogP contribution is 2.34. The highest BCUT2D eigenvalue weighted by molar-refractivity contribution is 6.06. The number of hydrogen-bond donors (Lipinski definition) is 2. The number of methoxy groups -OCH3 is 1. The van der Waals surface area contributed by atoms with Gasteiger partial charge in [-0.1, -0.05) is 31.2 Å². The van der Waals surface area contributed by atoms with Crippen LogP contribution in [-0.2, 0) is 0 Å². The lowest BCUT2D eigenvalue weighted by Gasteiger charge is -2.11. The Hall–Kier alpha value is -3.60. The van der Waals surface area contributed by atoms with Gasteiger partial charge in [-0.2, -0.15) is 0 Å². The maximum Gasteiger partial charge on any atom is 0.165 e. The van der Waals surface area contributed by atoms with Crippen LogP contribution in [0, 0.1) is 0 Å². The lowest BCUT2D eigenvalue weighted by atomic mass is 9.97. The Morgan fingerprint density at radius 3 is 2.33 bits per heavy atom. The van der Waals surface area contributed by atoms with Crippen molar-refractivity contribution in [3.05, 3.63) is 71.8 Å². The second kappa shape index (κ2) is 9.27. The molecule has 0 spiro atoms. The van der Waals surface area contributed by atoms with Gasteiger partial charge in [0, 0.05) is 23.3 Å². The molecule has 154 valence electrons. The summed E-state index contributed by atoms with van der Waals surface area (Å²) in [5, 5.41) is 19.4. The molecule has 0 aliphatic carbocycles. The van der Waals surface area contributed by atoms with Crippen LogP contribution in [0.5, 0.6) is 17.2 Å². The molecule has 0 unspecified atom stereocenters. The number of ketones is 1. The summed E-state index contributed by atoms with van der Waals surface area (Å²) >= 11 is 0. The van der Waals surface area contributed by atoms with Gasteiger partial charge in [0.2, 0.25) is 0 Å². The van der Waals surface area contributed by atoms with Crippen molar-refractivity contribution >= 4 is 17.2 Å². The number of carbonyl (C=O) groups is 1. The molecule has 3 aromatic rings. The first-order chi connectivity index (χ1) is 14.4. The Kier molecular flexibility index (Phi) is 6.52. The number of phenolic OH excluding ortho intramolecular Hbond substituents is 2. The SMILES string of the molecule is CCCC(=O)c1cc(-c2ccc(O)c(O)c2)ccc1N=C(C)c1ccccc1OC. The lowest BCUT2D eigenvalue weighted by Crippen LogP contribution is -2.02. The van der Waals surface area contributed by atoms with Crippen LogP contribution in [-0.4, -0.2) is 28.8 Å². The topological polar surface area (TPSA) is 79.1 Å². The summed E-state index contributed by atoms with van der Waals surface area (Å²) in [6.07, 6.45) is 1.15. The van der Waals surface area contributed by atoms with Gasteiger partial charge in [-0.3, -0.25) is 9.79 Å². The molecular formula is C25H25NO4. The van der Waals surface area contributed by atoms with Crippen LogP contribution in [0.15, 0.2) is 65.7 Å². The molecule has 30 heavy (non-hydrogen) atoms. The fourth-order valence-corrected chi connectivity index (χ4v) is 3.29. The molecule has 0 atom stereocenters. The largest absolute Gasteiger partial charge is 0.504 e. The van der Waals surface area contributed by atoms with Crippen LogP contribution >= 0.6 is 0 Å². The maximum absolute atomic E-state index is 12.8. The molecule has 0 fully saturated rings. The van der Waals surface area contributed by atoms with E-state index in [9.17, 15) is 15.0 Å². The smallest absolute Gasteiger partial charge is 0.165 e. The maximum atomic E-state index is 12.8. The first-order valence-corrected chi connectivity index (χ1v) is 9.83. The number of aliphatic imine (C=N–C) groups is 1.